The van der Waals surface area contributed by atoms with Crippen molar-refractivity contribution in [3.05, 3.63) is 114 Å². The second-order valence-corrected chi connectivity index (χ2v) is 25.0. The lowest BCUT2D eigenvalue weighted by molar-refractivity contribution is -0.137. The largest absolute Gasteiger partial charge is 0.343 e. The first kappa shape index (κ1) is 117. The van der Waals surface area contributed by atoms with Crippen molar-refractivity contribution in [1.82, 2.24) is 19.5 Å². The molecular formula is C87H146BN4O15. The molecule has 20 heteroatoms. The summed E-state index contributed by atoms with van der Waals surface area (Å²) in [5, 5.41) is 0. The average Bonchev–Trinajstić information content (AvgIpc) is 0.908. The van der Waals surface area contributed by atoms with Gasteiger partial charge in [0.15, 0.2) is 0 Å². The molecule has 0 N–H and O–H groups in total. The zero-order chi connectivity index (χ0) is 83.4. The Morgan fingerprint density at radius 3 is 0.804 bits per heavy atom. The number of nitrogens with zero attached hydrogens (tertiary/aromatic N) is 4. The summed E-state index contributed by atoms with van der Waals surface area (Å²) in [4.78, 5) is 164. The zero-order valence-electron chi connectivity index (χ0n) is 70.3. The summed E-state index contributed by atoms with van der Waals surface area (Å²) in [6, 6.07) is 29.9. The van der Waals surface area contributed by atoms with E-state index in [2.05, 4.69) is 4.81 Å². The number of allylic oxidation sites excluding steroid dienone is 1. The number of Topliss-reactive ketones (excluding diaryl/α,β-unsaturated/α-hetero) is 11. The lowest BCUT2D eigenvalue weighted by atomic mass is 9.78. The first-order valence-corrected chi connectivity index (χ1v) is 38.0. The van der Waals surface area contributed by atoms with Gasteiger partial charge in [-0.1, -0.05) is 161 Å². The molecule has 0 unspecified atom stereocenters. The van der Waals surface area contributed by atoms with Crippen LogP contribution in [0.15, 0.2) is 97.1 Å². The van der Waals surface area contributed by atoms with Crippen molar-refractivity contribution >= 4 is 94.7 Å². The number of piperazine rings is 2. The highest BCUT2D eigenvalue weighted by Crippen LogP contribution is 2.32. The van der Waals surface area contributed by atoms with Gasteiger partial charge in [-0.15, -0.1) is 0 Å². The highest BCUT2D eigenvalue weighted by Gasteiger charge is 2.23. The van der Waals surface area contributed by atoms with Crippen LogP contribution < -0.4 is 0 Å². The maximum atomic E-state index is 11.0. The van der Waals surface area contributed by atoms with Crippen LogP contribution in [0.1, 0.15) is 280 Å². The fraction of sp³-hybridized carbons (Fsp3) is 0.609. The molecule has 0 bridgehead atoms. The molecule has 107 heavy (non-hydrogen) atoms. The quantitative estimate of drug-likeness (QED) is 0.0668. The number of hydrogen-bond donors (Lipinski definition) is 0. The van der Waals surface area contributed by atoms with Gasteiger partial charge in [-0.05, 0) is 169 Å². The van der Waals surface area contributed by atoms with Crippen LogP contribution in [0.4, 0.5) is 0 Å². The fourth-order valence-electron chi connectivity index (χ4n) is 8.78. The van der Waals surface area contributed by atoms with E-state index < -0.39 is 0 Å². The molecule has 3 aromatic carbocycles. The van der Waals surface area contributed by atoms with Crippen LogP contribution in [-0.2, 0) is 91.2 Å². The molecule has 19 nitrogen and oxygen atoms in total. The standard InChI is InChI=1S/C12H20O2.2C10H12O.C9H16BN2O2.C9H10O.C8H14N2O2.C6H10O2.C5H10O.2C4H8O.C3H4O.3C2H6.CH4/c1-9(13)7-11-3-5-12(6-4-11)8-10(2)14;2*1-9(11)7-8-10-5-3-2-4-6-10;1-8(13)7-10-12-5-3-11(4-6-12)9(2)14;1-8(10)7-9-5-3-2-4-6-9;1-7(11)9-3-5-10(6-4-9)8(2)12;1-5(7)3-4-6(2)8;1-3-4-5(2)6;2*1-3-4(2)5;1-2-3-4;3*1-2;/h11-12H,3-8H2,1-2H3;2*2-6H,7-8H2,1H3;3-7H2,1-2H3;2-6H,7H2,1H3;3-6H2,1-2H3;3-4H2,1-2H3;3-4H2,1-2H3;2*3H2,1-2H3;2H,1H3;3*1-2H3;1H4. The van der Waals surface area contributed by atoms with Crippen LogP contribution in [0.3, 0.4) is 0 Å². The predicted molar refractivity (Wildman–Crippen MR) is 442 cm³/mol. The first-order valence-electron chi connectivity index (χ1n) is 38.0. The molecule has 2 heterocycles. The Hall–Kier alpha value is -8.09. The second kappa shape index (κ2) is 83.6. The van der Waals surface area contributed by atoms with Crippen molar-refractivity contribution in [3.8, 4) is 0 Å². The van der Waals surface area contributed by atoms with Crippen molar-refractivity contribution in [3.63, 3.8) is 0 Å². The Morgan fingerprint density at radius 1 is 0.364 bits per heavy atom. The van der Waals surface area contributed by atoms with Crippen molar-refractivity contribution in [2.24, 2.45) is 11.8 Å². The molecule has 0 spiro atoms. The van der Waals surface area contributed by atoms with Gasteiger partial charge in [-0.25, -0.2) is 4.79 Å². The Balaban J connectivity index is -0.000000142. The number of carbonyl (C=O) groups excluding carboxylic acids is 15. The number of rotatable bonds is 22. The third-order valence-corrected chi connectivity index (χ3v) is 14.7. The molecule has 1 saturated carbocycles. The van der Waals surface area contributed by atoms with Crippen molar-refractivity contribution in [1.29, 1.82) is 0 Å². The molecule has 2 saturated heterocycles. The van der Waals surface area contributed by atoms with Gasteiger partial charge >= 0.3 is 0 Å². The second-order valence-electron chi connectivity index (χ2n) is 25.0. The molecule has 3 aliphatic rings. The summed E-state index contributed by atoms with van der Waals surface area (Å²) in [7, 11) is 1.93. The molecule has 1 aliphatic carbocycles. The van der Waals surface area contributed by atoms with E-state index in [4.69, 9.17) is 4.79 Å². The molecule has 0 atom stereocenters. The summed E-state index contributed by atoms with van der Waals surface area (Å²) in [5.74, 6) is 5.56. The van der Waals surface area contributed by atoms with Crippen molar-refractivity contribution < 1.29 is 71.9 Å². The number of hydrogen-bond acceptors (Lipinski definition) is 16. The van der Waals surface area contributed by atoms with Gasteiger partial charge in [-0.2, -0.15) is 0 Å². The topological polar surface area (TPSA) is 269 Å². The molecule has 607 valence electrons. The molecule has 2 aliphatic heterocycles. The normalized spacial score (nSPS) is 12.9. The Labute approximate surface area is 650 Å². The first-order chi connectivity index (χ1) is 50.0. The molecule has 3 amide bonds. The monoisotopic (exact) mass is 1500 g/mol. The minimum atomic E-state index is 0. The van der Waals surface area contributed by atoms with E-state index in [9.17, 15) is 67.1 Å². The van der Waals surface area contributed by atoms with Crippen LogP contribution in [-0.4, -0.2) is 167 Å². The van der Waals surface area contributed by atoms with Gasteiger partial charge in [0.05, 0.1) is 0 Å². The highest BCUT2D eigenvalue weighted by molar-refractivity contribution is 6.38. The minimum Gasteiger partial charge on any atom is -0.343 e. The average molecular weight is 1500 g/mol. The SMILES string of the molecule is C.CC.CC.CC.CC(=O)CC1CCC(CC(C)=O)CC1.CC(=O)CCC(C)=O.CC(=O)CCc1ccccc1.CC(=O)CCc1ccccc1.CC(=O)C[B]N1CCN(C(C)=O)CC1.CC(=O)Cc1ccccc1.CC(=O)N1CCN(C(C)=O)CC1.CC=C=O.CCC(C)=O.CCC(C)=O.CCCC(C)=O. The van der Waals surface area contributed by atoms with Gasteiger partial charge in [0.2, 0.25) is 25.1 Å². The number of amides is 3. The molecule has 6 rings (SSSR count). The zero-order valence-corrected chi connectivity index (χ0v) is 70.3. The Bertz CT molecular complexity index is 2730. The van der Waals surface area contributed by atoms with Crippen LogP contribution in [0.5, 0.6) is 0 Å². The molecule has 1 radical (unpaired) electrons. The summed E-state index contributed by atoms with van der Waals surface area (Å²) >= 11 is 0. The smallest absolute Gasteiger partial charge is 0.219 e. The lowest BCUT2D eigenvalue weighted by Crippen LogP contribution is -2.49. The predicted octanol–water partition coefficient (Wildman–Crippen LogP) is 16.9. The third kappa shape index (κ3) is 94.0. The summed E-state index contributed by atoms with van der Waals surface area (Å²) in [6.07, 6.45) is 15.3. The molecule has 3 aromatic rings. The lowest BCUT2D eigenvalue weighted by Gasteiger charge is -2.33. The fourth-order valence-corrected chi connectivity index (χ4v) is 8.78. The Morgan fingerprint density at radius 2 is 0.617 bits per heavy atom. The number of carbonyl (C=O) groups is 14. The van der Waals surface area contributed by atoms with Crippen LogP contribution >= 0.6 is 0 Å². The van der Waals surface area contributed by atoms with Crippen molar-refractivity contribution in [2.75, 3.05) is 52.4 Å². The van der Waals surface area contributed by atoms with E-state index in [-0.39, 0.29) is 77.2 Å². The van der Waals surface area contributed by atoms with E-state index in [1.54, 1.807) is 106 Å². The highest BCUT2D eigenvalue weighted by atomic mass is 16.2. The maximum absolute atomic E-state index is 11.0. The maximum Gasteiger partial charge on any atom is 0.219 e. The van der Waals surface area contributed by atoms with Gasteiger partial charge in [0, 0.05) is 137 Å². The number of benzene rings is 3. The van der Waals surface area contributed by atoms with E-state index in [1.807, 2.05) is 166 Å². The third-order valence-electron chi connectivity index (χ3n) is 14.7. The van der Waals surface area contributed by atoms with E-state index in [1.165, 1.54) is 31.1 Å². The van der Waals surface area contributed by atoms with Gasteiger partial charge < -0.3 is 67.5 Å². The summed E-state index contributed by atoms with van der Waals surface area (Å²) in [5.41, 5.74) is 3.57. The van der Waals surface area contributed by atoms with E-state index >= 15 is 0 Å². The number of ketones is 11. The van der Waals surface area contributed by atoms with Gasteiger partial charge in [-0.3, -0.25) is 19.2 Å². The van der Waals surface area contributed by atoms with Crippen LogP contribution in [0.2, 0.25) is 6.32 Å². The summed E-state index contributed by atoms with van der Waals surface area (Å²) < 4.78 is 0. The Kier molecular flexibility index (Phi) is 91.6. The van der Waals surface area contributed by atoms with Crippen LogP contribution in [0.25, 0.3) is 0 Å². The van der Waals surface area contributed by atoms with Gasteiger partial charge in [0.25, 0.3) is 0 Å². The molecule has 3 fully saturated rings. The van der Waals surface area contributed by atoms with E-state index in [0.717, 1.165) is 96.0 Å². The molecular weight excluding hydrogens is 1350 g/mol. The van der Waals surface area contributed by atoms with Gasteiger partial charge in [0.1, 0.15) is 69.6 Å². The molecule has 0 aromatic heterocycles. The summed E-state index contributed by atoms with van der Waals surface area (Å²) in [6.45, 7) is 47.5. The van der Waals surface area contributed by atoms with Crippen LogP contribution in [0, 0.1) is 11.8 Å². The van der Waals surface area contributed by atoms with E-state index in [0.29, 0.717) is 101 Å². The van der Waals surface area contributed by atoms with Crippen molar-refractivity contribution in [2.45, 2.75) is 289 Å². The minimum absolute atomic E-state index is 0. The number of aryl methyl sites for hydroxylation is 2.